The number of rotatable bonds is 4. The highest BCUT2D eigenvalue weighted by atomic mass is 32.2. The zero-order chi connectivity index (χ0) is 13.9. The molecule has 19 heavy (non-hydrogen) atoms. The number of ketones is 1. The van der Waals surface area contributed by atoms with Gasteiger partial charge in [0.1, 0.15) is 5.75 Å². The Morgan fingerprint density at radius 2 is 1.89 bits per heavy atom. The molecular formula is C14H18O4S. The van der Waals surface area contributed by atoms with E-state index in [9.17, 15) is 13.2 Å². The van der Waals surface area contributed by atoms with Crippen molar-refractivity contribution in [1.29, 1.82) is 0 Å². The second-order valence-electron chi connectivity index (χ2n) is 4.86. The van der Waals surface area contributed by atoms with E-state index in [0.29, 0.717) is 31.6 Å². The second kappa shape index (κ2) is 5.84. The molecule has 1 aliphatic heterocycles. The summed E-state index contributed by atoms with van der Waals surface area (Å²) in [7, 11) is -3.38. The van der Waals surface area contributed by atoms with Gasteiger partial charge >= 0.3 is 0 Å². The molecule has 0 radical (unpaired) electrons. The van der Waals surface area contributed by atoms with Crippen molar-refractivity contribution in [3.63, 3.8) is 0 Å². The van der Waals surface area contributed by atoms with Crippen molar-refractivity contribution >= 4 is 15.6 Å². The van der Waals surface area contributed by atoms with E-state index in [1.54, 1.807) is 12.1 Å². The summed E-state index contributed by atoms with van der Waals surface area (Å²) in [4.78, 5) is 12.1. The molecule has 0 spiro atoms. The van der Waals surface area contributed by atoms with Gasteiger partial charge in [0.2, 0.25) is 0 Å². The number of benzene rings is 1. The monoisotopic (exact) mass is 282 g/mol. The van der Waals surface area contributed by atoms with E-state index in [2.05, 4.69) is 0 Å². The van der Waals surface area contributed by atoms with Crippen molar-refractivity contribution < 1.29 is 17.9 Å². The largest absolute Gasteiger partial charge is 0.381 e. The Morgan fingerprint density at radius 1 is 1.26 bits per heavy atom. The number of carbonyl (C=O) groups is 1. The topological polar surface area (TPSA) is 60.4 Å². The lowest BCUT2D eigenvalue weighted by Crippen LogP contribution is -2.33. The molecule has 4 nitrogen and oxygen atoms in total. The van der Waals surface area contributed by atoms with Crippen LogP contribution in [0.4, 0.5) is 0 Å². The van der Waals surface area contributed by atoms with Crippen molar-refractivity contribution in [3.05, 3.63) is 35.4 Å². The average molecular weight is 282 g/mol. The fraction of sp³-hybridized carbons (Fsp3) is 0.500. The third-order valence-corrected chi connectivity index (χ3v) is 5.61. The molecule has 5 heteroatoms. The van der Waals surface area contributed by atoms with E-state index in [1.165, 1.54) is 0 Å². The summed E-state index contributed by atoms with van der Waals surface area (Å²) < 4.78 is 29.6. The first-order valence-corrected chi connectivity index (χ1v) is 8.10. The maximum absolute atomic E-state index is 12.2. The quantitative estimate of drug-likeness (QED) is 0.790. The van der Waals surface area contributed by atoms with Gasteiger partial charge in [-0.05, 0) is 25.3 Å². The van der Waals surface area contributed by atoms with Crippen LogP contribution < -0.4 is 0 Å². The fourth-order valence-corrected chi connectivity index (χ4v) is 3.97. The van der Waals surface area contributed by atoms with Crippen molar-refractivity contribution in [2.45, 2.75) is 25.0 Å². The van der Waals surface area contributed by atoms with E-state index in [-0.39, 0.29) is 5.78 Å². The summed E-state index contributed by atoms with van der Waals surface area (Å²) in [6, 6.07) is 7.08. The van der Waals surface area contributed by atoms with E-state index in [1.807, 2.05) is 19.1 Å². The summed E-state index contributed by atoms with van der Waals surface area (Å²) >= 11 is 0. The zero-order valence-electron chi connectivity index (χ0n) is 11.0. The first-order valence-electron chi connectivity index (χ1n) is 6.39. The minimum Gasteiger partial charge on any atom is -0.381 e. The first-order chi connectivity index (χ1) is 9.00. The van der Waals surface area contributed by atoms with Crippen LogP contribution in [0.1, 0.15) is 28.8 Å². The van der Waals surface area contributed by atoms with Crippen LogP contribution in [0.2, 0.25) is 0 Å². The minimum atomic E-state index is -3.38. The van der Waals surface area contributed by atoms with Crippen molar-refractivity contribution in [2.24, 2.45) is 0 Å². The molecule has 0 unspecified atom stereocenters. The van der Waals surface area contributed by atoms with Crippen LogP contribution >= 0.6 is 0 Å². The van der Waals surface area contributed by atoms with E-state index >= 15 is 0 Å². The van der Waals surface area contributed by atoms with Gasteiger partial charge in [-0.1, -0.05) is 24.3 Å². The van der Waals surface area contributed by atoms with Gasteiger partial charge in [0.15, 0.2) is 15.6 Å². The van der Waals surface area contributed by atoms with Crippen LogP contribution in [-0.4, -0.2) is 38.4 Å². The molecule has 1 aliphatic rings. The van der Waals surface area contributed by atoms with Crippen LogP contribution in [0, 0.1) is 6.92 Å². The molecule has 0 bridgehead atoms. The predicted molar refractivity (Wildman–Crippen MR) is 73.1 cm³/mol. The van der Waals surface area contributed by atoms with Crippen LogP contribution in [0.15, 0.2) is 24.3 Å². The Kier molecular flexibility index (Phi) is 4.37. The molecule has 2 rings (SSSR count). The van der Waals surface area contributed by atoms with Crippen LogP contribution in [0.5, 0.6) is 0 Å². The summed E-state index contributed by atoms with van der Waals surface area (Å²) in [5, 5.41) is -0.436. The third-order valence-electron chi connectivity index (χ3n) is 3.45. The molecule has 1 fully saturated rings. The Hall–Kier alpha value is -1.20. The number of hydrogen-bond acceptors (Lipinski definition) is 4. The molecule has 0 atom stereocenters. The molecule has 0 aliphatic carbocycles. The lowest BCUT2D eigenvalue weighted by atomic mass is 10.1. The van der Waals surface area contributed by atoms with Crippen LogP contribution in [-0.2, 0) is 14.6 Å². The van der Waals surface area contributed by atoms with Gasteiger partial charge < -0.3 is 4.74 Å². The van der Waals surface area contributed by atoms with Crippen molar-refractivity contribution in [3.8, 4) is 0 Å². The van der Waals surface area contributed by atoms with E-state index < -0.39 is 20.8 Å². The molecule has 1 saturated heterocycles. The molecule has 1 aromatic rings. The van der Waals surface area contributed by atoms with Gasteiger partial charge in [0.25, 0.3) is 0 Å². The van der Waals surface area contributed by atoms with E-state index in [4.69, 9.17) is 4.74 Å². The van der Waals surface area contributed by atoms with Crippen molar-refractivity contribution in [2.75, 3.05) is 19.0 Å². The van der Waals surface area contributed by atoms with Crippen molar-refractivity contribution in [1.82, 2.24) is 0 Å². The van der Waals surface area contributed by atoms with Gasteiger partial charge in [-0.15, -0.1) is 0 Å². The number of Topliss-reactive ketones (excluding diaryl/α,β-unsaturated/α-hetero) is 1. The van der Waals surface area contributed by atoms with Gasteiger partial charge in [-0.25, -0.2) is 8.42 Å². The number of ether oxygens (including phenoxy) is 1. The van der Waals surface area contributed by atoms with Gasteiger partial charge in [0, 0.05) is 18.8 Å². The normalized spacial score (nSPS) is 17.3. The highest BCUT2D eigenvalue weighted by Crippen LogP contribution is 2.18. The lowest BCUT2D eigenvalue weighted by Gasteiger charge is -2.21. The Labute approximate surface area is 113 Å². The summed E-state index contributed by atoms with van der Waals surface area (Å²) in [5.74, 6) is -0.715. The Balaban J connectivity index is 2.12. The molecule has 104 valence electrons. The highest BCUT2D eigenvalue weighted by molar-refractivity contribution is 7.92. The Morgan fingerprint density at radius 3 is 2.53 bits per heavy atom. The fourth-order valence-electron chi connectivity index (χ4n) is 2.30. The van der Waals surface area contributed by atoms with Crippen LogP contribution in [0.3, 0.4) is 0 Å². The SMILES string of the molecule is Cc1ccccc1C(=O)CS(=O)(=O)C1CCOCC1. The molecule has 1 aromatic carbocycles. The van der Waals surface area contributed by atoms with Gasteiger partial charge in [0.05, 0.1) is 5.25 Å². The molecular weight excluding hydrogens is 264 g/mol. The summed E-state index contributed by atoms with van der Waals surface area (Å²) in [6.45, 7) is 2.74. The standard InChI is InChI=1S/C14H18O4S/c1-11-4-2-3-5-13(11)14(15)10-19(16,17)12-6-8-18-9-7-12/h2-5,12H,6-10H2,1H3. The first kappa shape index (κ1) is 14.2. The molecule has 1 heterocycles. The lowest BCUT2D eigenvalue weighted by molar-refractivity contribution is 0.0971. The van der Waals surface area contributed by atoms with Gasteiger partial charge in [-0.2, -0.15) is 0 Å². The molecule has 0 amide bonds. The number of aryl methyl sites for hydroxylation is 1. The highest BCUT2D eigenvalue weighted by Gasteiger charge is 2.30. The second-order valence-corrected chi connectivity index (χ2v) is 7.14. The van der Waals surface area contributed by atoms with Gasteiger partial charge in [-0.3, -0.25) is 4.79 Å². The maximum Gasteiger partial charge on any atom is 0.178 e. The Bertz CT molecular complexity index is 557. The average Bonchev–Trinajstić information content (AvgIpc) is 2.39. The zero-order valence-corrected chi connectivity index (χ0v) is 11.8. The molecule has 0 N–H and O–H groups in total. The third kappa shape index (κ3) is 3.42. The summed E-state index contributed by atoms with van der Waals surface area (Å²) in [5.41, 5.74) is 1.31. The molecule has 0 aromatic heterocycles. The smallest absolute Gasteiger partial charge is 0.178 e. The predicted octanol–water partition coefficient (Wildman–Crippen LogP) is 1.77. The summed E-state index contributed by atoms with van der Waals surface area (Å²) in [6.07, 6.45) is 0.979. The minimum absolute atomic E-state index is 0.315. The van der Waals surface area contributed by atoms with E-state index in [0.717, 1.165) is 5.56 Å². The number of hydrogen-bond donors (Lipinski definition) is 0. The number of sulfone groups is 1. The molecule has 0 saturated carbocycles. The number of carbonyl (C=O) groups excluding carboxylic acids is 1. The van der Waals surface area contributed by atoms with Crippen LogP contribution in [0.25, 0.3) is 0 Å². The maximum atomic E-state index is 12.2.